The van der Waals surface area contributed by atoms with Crippen LogP contribution in [-0.4, -0.2) is 12.6 Å². The summed E-state index contributed by atoms with van der Waals surface area (Å²) in [4.78, 5) is 0. The summed E-state index contributed by atoms with van der Waals surface area (Å²) in [5.41, 5.74) is 7.95. The van der Waals surface area contributed by atoms with Crippen molar-refractivity contribution in [1.29, 1.82) is 0 Å². The van der Waals surface area contributed by atoms with Gasteiger partial charge in [-0.05, 0) is 31.9 Å². The minimum atomic E-state index is 0. The van der Waals surface area contributed by atoms with Crippen molar-refractivity contribution in [2.24, 2.45) is 5.73 Å². The van der Waals surface area contributed by atoms with E-state index in [4.69, 9.17) is 10.5 Å². The van der Waals surface area contributed by atoms with E-state index < -0.39 is 0 Å². The highest BCUT2D eigenvalue weighted by molar-refractivity contribution is 5.85. The van der Waals surface area contributed by atoms with Gasteiger partial charge in [-0.3, -0.25) is 0 Å². The highest BCUT2D eigenvalue weighted by Crippen LogP contribution is 2.22. The molecule has 0 spiro atoms. The van der Waals surface area contributed by atoms with E-state index in [-0.39, 0.29) is 30.9 Å². The minimum Gasteiger partial charge on any atom is -0.491 e. The van der Waals surface area contributed by atoms with E-state index in [0.29, 0.717) is 6.61 Å². The van der Waals surface area contributed by atoms with Gasteiger partial charge in [0.15, 0.2) is 0 Å². The van der Waals surface area contributed by atoms with Crippen LogP contribution in [0.5, 0.6) is 5.75 Å². The zero-order chi connectivity index (χ0) is 9.84. The summed E-state index contributed by atoms with van der Waals surface area (Å²) >= 11 is 0. The monoisotopic (exact) mass is 251 g/mol. The molecule has 4 heteroatoms. The average molecular weight is 252 g/mol. The molecule has 0 radical (unpaired) electrons. The number of aryl methyl sites for hydroxylation is 2. The lowest BCUT2D eigenvalue weighted by molar-refractivity contribution is 0.292. The molecule has 1 aromatic carbocycles. The predicted octanol–water partition coefficient (Wildman–Crippen LogP) is 2.87. The molecule has 0 aliphatic carbocycles. The third-order valence-electron chi connectivity index (χ3n) is 1.90. The lowest BCUT2D eigenvalue weighted by Crippen LogP contribution is -2.24. The first-order valence-corrected chi connectivity index (χ1v) is 4.56. The molecule has 0 saturated carbocycles. The smallest absolute Gasteiger partial charge is 0.125 e. The molecule has 2 N–H and O–H groups in total. The van der Waals surface area contributed by atoms with E-state index in [1.54, 1.807) is 0 Å². The van der Waals surface area contributed by atoms with Crippen molar-refractivity contribution in [1.82, 2.24) is 0 Å². The SMILES string of the molecule is Cc1cccc(C)c1OCC(C)N.Cl.Cl. The van der Waals surface area contributed by atoms with Crippen LogP contribution in [0.2, 0.25) is 0 Å². The third kappa shape index (κ3) is 5.26. The van der Waals surface area contributed by atoms with Crippen molar-refractivity contribution in [2.75, 3.05) is 6.61 Å². The van der Waals surface area contributed by atoms with E-state index >= 15 is 0 Å². The Morgan fingerprint density at radius 2 is 1.67 bits per heavy atom. The first-order chi connectivity index (χ1) is 6.11. The molecular formula is C11H19Cl2NO. The number of nitrogens with two attached hydrogens (primary N) is 1. The Bertz CT molecular complexity index is 270. The molecule has 0 amide bonds. The molecule has 1 aromatic rings. The normalized spacial score (nSPS) is 10.9. The lowest BCUT2D eigenvalue weighted by atomic mass is 10.1. The van der Waals surface area contributed by atoms with Gasteiger partial charge in [-0.2, -0.15) is 0 Å². The van der Waals surface area contributed by atoms with Gasteiger partial charge >= 0.3 is 0 Å². The van der Waals surface area contributed by atoms with Crippen LogP contribution in [0, 0.1) is 13.8 Å². The van der Waals surface area contributed by atoms with E-state index in [2.05, 4.69) is 0 Å². The fraction of sp³-hybridized carbons (Fsp3) is 0.455. The quantitative estimate of drug-likeness (QED) is 0.897. The molecule has 1 unspecified atom stereocenters. The van der Waals surface area contributed by atoms with Gasteiger partial charge in [-0.25, -0.2) is 0 Å². The van der Waals surface area contributed by atoms with Crippen molar-refractivity contribution in [2.45, 2.75) is 26.8 Å². The molecule has 88 valence electrons. The van der Waals surface area contributed by atoms with Gasteiger partial charge in [0.05, 0.1) is 0 Å². The van der Waals surface area contributed by atoms with E-state index in [0.717, 1.165) is 5.75 Å². The molecule has 0 bridgehead atoms. The Kier molecular flexibility index (Phi) is 8.83. The fourth-order valence-electron chi connectivity index (χ4n) is 1.24. The molecule has 1 rings (SSSR count). The number of halogens is 2. The van der Waals surface area contributed by atoms with Gasteiger partial charge in [0.2, 0.25) is 0 Å². The minimum absolute atomic E-state index is 0. The van der Waals surface area contributed by atoms with Crippen LogP contribution in [0.1, 0.15) is 18.1 Å². The summed E-state index contributed by atoms with van der Waals surface area (Å²) < 4.78 is 5.60. The second-order valence-corrected chi connectivity index (χ2v) is 3.51. The fourth-order valence-corrected chi connectivity index (χ4v) is 1.24. The first kappa shape index (κ1) is 17.0. The highest BCUT2D eigenvalue weighted by atomic mass is 35.5. The largest absolute Gasteiger partial charge is 0.491 e. The average Bonchev–Trinajstić information content (AvgIpc) is 2.03. The van der Waals surface area contributed by atoms with Crippen molar-refractivity contribution in [3.63, 3.8) is 0 Å². The summed E-state index contributed by atoms with van der Waals surface area (Å²) in [7, 11) is 0. The Balaban J connectivity index is 0. The second kappa shape index (κ2) is 7.80. The number of hydrogen-bond donors (Lipinski definition) is 1. The van der Waals surface area contributed by atoms with Crippen molar-refractivity contribution < 1.29 is 4.74 Å². The summed E-state index contributed by atoms with van der Waals surface area (Å²) in [5.74, 6) is 0.972. The number of hydrogen-bond acceptors (Lipinski definition) is 2. The molecule has 0 aliphatic heterocycles. The summed E-state index contributed by atoms with van der Waals surface area (Å²) in [6.07, 6.45) is 0. The van der Waals surface area contributed by atoms with Crippen LogP contribution in [-0.2, 0) is 0 Å². The number of para-hydroxylation sites is 1. The van der Waals surface area contributed by atoms with Gasteiger partial charge in [0.1, 0.15) is 12.4 Å². The molecule has 0 saturated heterocycles. The van der Waals surface area contributed by atoms with Crippen LogP contribution in [0.25, 0.3) is 0 Å². The van der Waals surface area contributed by atoms with E-state index in [1.165, 1.54) is 11.1 Å². The number of rotatable bonds is 3. The molecule has 2 nitrogen and oxygen atoms in total. The van der Waals surface area contributed by atoms with Gasteiger partial charge in [-0.1, -0.05) is 18.2 Å². The van der Waals surface area contributed by atoms with Crippen LogP contribution < -0.4 is 10.5 Å². The van der Waals surface area contributed by atoms with Gasteiger partial charge < -0.3 is 10.5 Å². The zero-order valence-electron chi connectivity index (χ0n) is 9.32. The molecule has 0 aliphatic rings. The van der Waals surface area contributed by atoms with Crippen LogP contribution in [0.3, 0.4) is 0 Å². The molecule has 0 heterocycles. The predicted molar refractivity (Wildman–Crippen MR) is 69.6 cm³/mol. The highest BCUT2D eigenvalue weighted by Gasteiger charge is 2.03. The summed E-state index contributed by atoms with van der Waals surface area (Å²) in [6.45, 7) is 6.60. The molecule has 15 heavy (non-hydrogen) atoms. The first-order valence-electron chi connectivity index (χ1n) is 4.56. The maximum absolute atomic E-state index is 5.62. The molecule has 0 aromatic heterocycles. The van der Waals surface area contributed by atoms with Crippen molar-refractivity contribution in [3.05, 3.63) is 29.3 Å². The van der Waals surface area contributed by atoms with E-state index in [1.807, 2.05) is 39.0 Å². The molecule has 0 fully saturated rings. The van der Waals surface area contributed by atoms with E-state index in [9.17, 15) is 0 Å². The van der Waals surface area contributed by atoms with Crippen LogP contribution >= 0.6 is 24.8 Å². The summed E-state index contributed by atoms with van der Waals surface area (Å²) in [6, 6.07) is 6.20. The molecular weight excluding hydrogens is 233 g/mol. The van der Waals surface area contributed by atoms with Crippen molar-refractivity contribution in [3.8, 4) is 5.75 Å². The second-order valence-electron chi connectivity index (χ2n) is 3.51. The van der Waals surface area contributed by atoms with Crippen LogP contribution in [0.15, 0.2) is 18.2 Å². The Hall–Kier alpha value is -0.440. The van der Waals surface area contributed by atoms with Crippen LogP contribution in [0.4, 0.5) is 0 Å². The maximum Gasteiger partial charge on any atom is 0.125 e. The summed E-state index contributed by atoms with van der Waals surface area (Å²) in [5, 5.41) is 0. The van der Waals surface area contributed by atoms with Gasteiger partial charge in [-0.15, -0.1) is 24.8 Å². The standard InChI is InChI=1S/C11H17NO.2ClH/c1-8-5-4-6-9(2)11(8)13-7-10(3)12;;/h4-6,10H,7,12H2,1-3H3;2*1H. The topological polar surface area (TPSA) is 35.2 Å². The Labute approximate surface area is 104 Å². The Morgan fingerprint density at radius 3 is 2.07 bits per heavy atom. The Morgan fingerprint density at radius 1 is 1.20 bits per heavy atom. The zero-order valence-corrected chi connectivity index (χ0v) is 11.0. The van der Waals surface area contributed by atoms with Crippen molar-refractivity contribution >= 4 is 24.8 Å². The molecule has 1 atom stereocenters. The van der Waals surface area contributed by atoms with Gasteiger partial charge in [0.25, 0.3) is 0 Å². The maximum atomic E-state index is 5.62. The number of ether oxygens (including phenoxy) is 1. The third-order valence-corrected chi connectivity index (χ3v) is 1.90. The number of benzene rings is 1. The lowest BCUT2D eigenvalue weighted by Gasteiger charge is -2.13. The van der Waals surface area contributed by atoms with Gasteiger partial charge in [0, 0.05) is 6.04 Å².